The van der Waals surface area contributed by atoms with Gasteiger partial charge in [0.05, 0.1) is 9.85 Å². The number of rotatable bonds is 6. The molecule has 0 radical (unpaired) electrons. The lowest BCUT2D eigenvalue weighted by atomic mass is 9.77. The molecular formula is C22H18N4O9. The van der Waals surface area contributed by atoms with Crippen LogP contribution in [0.1, 0.15) is 47.4 Å². The maximum Gasteiger partial charge on any atom is 0.347 e. The van der Waals surface area contributed by atoms with E-state index < -0.39 is 44.9 Å². The highest BCUT2D eigenvalue weighted by Gasteiger charge is 2.59. The molecule has 1 heterocycles. The summed E-state index contributed by atoms with van der Waals surface area (Å²) in [5.41, 5.74) is -3.08. The fourth-order valence-corrected chi connectivity index (χ4v) is 3.72. The fourth-order valence-electron chi connectivity index (χ4n) is 3.72. The van der Waals surface area contributed by atoms with Gasteiger partial charge in [0.25, 0.3) is 35.0 Å². The Hall–Kier alpha value is -4.81. The smallest absolute Gasteiger partial charge is 0.273 e. The second-order valence-electron chi connectivity index (χ2n) is 7.57. The molecule has 0 N–H and O–H groups in total. The van der Waals surface area contributed by atoms with Crippen molar-refractivity contribution in [3.63, 3.8) is 0 Å². The van der Waals surface area contributed by atoms with Gasteiger partial charge in [-0.3, -0.25) is 39.4 Å². The molecule has 0 aliphatic carbocycles. The van der Waals surface area contributed by atoms with E-state index in [4.69, 9.17) is 0 Å². The number of nitro groups is 2. The van der Waals surface area contributed by atoms with E-state index in [1.807, 2.05) is 0 Å². The highest BCUT2D eigenvalue weighted by atomic mass is 16.6. The van der Waals surface area contributed by atoms with Crippen LogP contribution < -0.4 is 0 Å². The number of nitro benzene ring substituents is 2. The number of imide groups is 6. The standard InChI is InChI=1S/C22H18N4O9/c1-3-22(4-2)19(29)23(17(27)13-5-9-15(10-6-13)25(32)33)21(31)24(20(22)30)18(28)14-7-11-16(12-8-14)26(34)35/h5-12H,3-4H2,1-2H3. The molecule has 13 heteroatoms. The molecule has 0 unspecified atom stereocenters. The van der Waals surface area contributed by atoms with E-state index in [0.717, 1.165) is 48.5 Å². The van der Waals surface area contributed by atoms with Gasteiger partial charge < -0.3 is 0 Å². The third-order valence-corrected chi connectivity index (χ3v) is 5.87. The summed E-state index contributed by atoms with van der Waals surface area (Å²) in [4.78, 5) is 86.8. The lowest BCUT2D eigenvalue weighted by Gasteiger charge is -2.41. The minimum absolute atomic E-state index is 0.136. The summed E-state index contributed by atoms with van der Waals surface area (Å²) in [5, 5.41) is 21.8. The summed E-state index contributed by atoms with van der Waals surface area (Å²) < 4.78 is 0. The zero-order valence-corrected chi connectivity index (χ0v) is 18.5. The van der Waals surface area contributed by atoms with Crippen molar-refractivity contribution in [1.82, 2.24) is 9.80 Å². The van der Waals surface area contributed by atoms with Crippen molar-refractivity contribution in [3.05, 3.63) is 79.9 Å². The van der Waals surface area contributed by atoms with E-state index in [-0.39, 0.29) is 45.1 Å². The van der Waals surface area contributed by atoms with Gasteiger partial charge in [0.15, 0.2) is 0 Å². The van der Waals surface area contributed by atoms with Gasteiger partial charge in [-0.15, -0.1) is 0 Å². The molecule has 35 heavy (non-hydrogen) atoms. The number of non-ortho nitro benzene ring substituents is 2. The predicted octanol–water partition coefficient (Wildman–Crippen LogP) is 3.08. The summed E-state index contributed by atoms with van der Waals surface area (Å²) in [5.74, 6) is -4.58. The van der Waals surface area contributed by atoms with Gasteiger partial charge in [0, 0.05) is 35.4 Å². The monoisotopic (exact) mass is 482 g/mol. The maximum absolute atomic E-state index is 13.3. The molecule has 0 saturated carbocycles. The van der Waals surface area contributed by atoms with Gasteiger partial charge in [0.1, 0.15) is 5.41 Å². The molecular weight excluding hydrogens is 464 g/mol. The predicted molar refractivity (Wildman–Crippen MR) is 117 cm³/mol. The lowest BCUT2D eigenvalue weighted by Crippen LogP contribution is -2.67. The molecule has 1 aliphatic rings. The van der Waals surface area contributed by atoms with Crippen LogP contribution in [0.4, 0.5) is 16.2 Å². The highest BCUT2D eigenvalue weighted by Crippen LogP contribution is 2.37. The van der Waals surface area contributed by atoms with E-state index in [1.165, 1.54) is 13.8 Å². The normalized spacial score (nSPS) is 15.2. The van der Waals surface area contributed by atoms with Crippen LogP contribution in [-0.4, -0.2) is 49.3 Å². The van der Waals surface area contributed by atoms with Crippen molar-refractivity contribution in [2.75, 3.05) is 0 Å². The van der Waals surface area contributed by atoms with Crippen molar-refractivity contribution in [3.8, 4) is 0 Å². The van der Waals surface area contributed by atoms with Gasteiger partial charge in [-0.2, -0.15) is 9.80 Å². The van der Waals surface area contributed by atoms with E-state index in [0.29, 0.717) is 0 Å². The Morgan fingerprint density at radius 1 is 0.714 bits per heavy atom. The largest absolute Gasteiger partial charge is 0.347 e. The van der Waals surface area contributed by atoms with Crippen LogP contribution in [0.15, 0.2) is 48.5 Å². The summed E-state index contributed by atoms with van der Waals surface area (Å²) >= 11 is 0. The molecule has 3 rings (SSSR count). The number of carbonyl (C=O) groups is 5. The molecule has 0 atom stereocenters. The Bertz CT molecular complexity index is 1170. The molecule has 0 bridgehead atoms. The van der Waals surface area contributed by atoms with Crippen LogP contribution >= 0.6 is 0 Å². The van der Waals surface area contributed by atoms with Crippen molar-refractivity contribution in [1.29, 1.82) is 0 Å². The van der Waals surface area contributed by atoms with Gasteiger partial charge in [-0.05, 0) is 37.1 Å². The average Bonchev–Trinajstić information content (AvgIpc) is 2.84. The summed E-state index contributed by atoms with van der Waals surface area (Å²) in [6, 6.07) is 6.67. The van der Waals surface area contributed by atoms with E-state index in [9.17, 15) is 44.2 Å². The third kappa shape index (κ3) is 4.03. The number of nitrogens with zero attached hydrogens (tertiary/aromatic N) is 4. The Labute approximate surface area is 197 Å². The highest BCUT2D eigenvalue weighted by molar-refractivity contribution is 6.33. The Morgan fingerprint density at radius 3 is 1.29 bits per heavy atom. The molecule has 0 aromatic heterocycles. The fraction of sp³-hybridized carbons (Fsp3) is 0.227. The van der Waals surface area contributed by atoms with E-state index >= 15 is 0 Å². The van der Waals surface area contributed by atoms with Crippen LogP contribution in [0.2, 0.25) is 0 Å². The Balaban J connectivity index is 2.08. The van der Waals surface area contributed by atoms with Crippen LogP contribution in [0.25, 0.3) is 0 Å². The molecule has 1 saturated heterocycles. The molecule has 2 aromatic carbocycles. The first-order chi connectivity index (χ1) is 16.5. The van der Waals surface area contributed by atoms with Crippen LogP contribution in [-0.2, 0) is 9.59 Å². The second-order valence-corrected chi connectivity index (χ2v) is 7.57. The van der Waals surface area contributed by atoms with E-state index in [1.54, 1.807) is 0 Å². The first kappa shape index (κ1) is 24.8. The molecule has 13 nitrogen and oxygen atoms in total. The lowest BCUT2D eigenvalue weighted by molar-refractivity contribution is -0.385. The average molecular weight is 482 g/mol. The quantitative estimate of drug-likeness (QED) is 0.259. The van der Waals surface area contributed by atoms with E-state index in [2.05, 4.69) is 0 Å². The van der Waals surface area contributed by atoms with Crippen molar-refractivity contribution >= 4 is 41.0 Å². The van der Waals surface area contributed by atoms with Gasteiger partial charge >= 0.3 is 6.03 Å². The molecule has 2 aromatic rings. The topological polar surface area (TPSA) is 178 Å². The summed E-state index contributed by atoms with van der Waals surface area (Å²) in [6.07, 6.45) is -0.273. The molecule has 1 fully saturated rings. The molecule has 1 aliphatic heterocycles. The van der Waals surface area contributed by atoms with Crippen molar-refractivity contribution < 1.29 is 33.8 Å². The number of benzene rings is 2. The summed E-state index contributed by atoms with van der Waals surface area (Å²) in [7, 11) is 0. The number of hydrogen-bond donors (Lipinski definition) is 0. The van der Waals surface area contributed by atoms with Gasteiger partial charge in [-0.1, -0.05) is 13.8 Å². The Morgan fingerprint density at radius 2 is 1.03 bits per heavy atom. The number of amides is 6. The minimum Gasteiger partial charge on any atom is -0.273 e. The number of barbiturate groups is 1. The minimum atomic E-state index is -1.90. The number of hydrogen-bond acceptors (Lipinski definition) is 9. The SMILES string of the molecule is CCC1(CC)C(=O)N(C(=O)c2ccc([N+](=O)[O-])cc2)C(=O)N(C(=O)c2ccc([N+](=O)[O-])cc2)C1=O. The third-order valence-electron chi connectivity index (χ3n) is 5.87. The first-order valence-electron chi connectivity index (χ1n) is 10.3. The Kier molecular flexibility index (Phi) is 6.53. The molecule has 180 valence electrons. The van der Waals surface area contributed by atoms with Crippen LogP contribution in [0, 0.1) is 25.6 Å². The second kappa shape index (κ2) is 9.21. The molecule has 6 amide bonds. The summed E-state index contributed by atoms with van der Waals surface area (Å²) in [6.45, 7) is 2.97. The zero-order valence-electron chi connectivity index (χ0n) is 18.5. The first-order valence-corrected chi connectivity index (χ1v) is 10.3. The van der Waals surface area contributed by atoms with Crippen LogP contribution in [0.3, 0.4) is 0 Å². The van der Waals surface area contributed by atoms with Crippen molar-refractivity contribution in [2.45, 2.75) is 26.7 Å². The number of urea groups is 1. The maximum atomic E-state index is 13.3. The van der Waals surface area contributed by atoms with Crippen molar-refractivity contribution in [2.24, 2.45) is 5.41 Å². The van der Waals surface area contributed by atoms with Crippen LogP contribution in [0.5, 0.6) is 0 Å². The van der Waals surface area contributed by atoms with Gasteiger partial charge in [0.2, 0.25) is 0 Å². The molecule has 0 spiro atoms. The van der Waals surface area contributed by atoms with Gasteiger partial charge in [-0.25, -0.2) is 4.79 Å². The number of carbonyl (C=O) groups excluding carboxylic acids is 5. The zero-order chi connectivity index (χ0) is 26.1.